The number of nitrogens with zero attached hydrogens (tertiary/aromatic N) is 3. The Bertz CT molecular complexity index is 948. The zero-order valence-electron chi connectivity index (χ0n) is 20.0. The number of fused-ring (bicyclic) bond motifs is 1. The summed E-state index contributed by atoms with van der Waals surface area (Å²) in [7, 11) is 0. The van der Waals surface area contributed by atoms with Gasteiger partial charge in [-0.25, -0.2) is 9.18 Å². The van der Waals surface area contributed by atoms with Gasteiger partial charge < -0.3 is 20.1 Å². The molecule has 1 aromatic carbocycles. The lowest BCUT2D eigenvalue weighted by Crippen LogP contribution is -2.40. The molecule has 0 saturated carbocycles. The fraction of sp³-hybridized carbons (Fsp3) is 0.667. The minimum atomic E-state index is -5.08. The average molecular weight is 575 g/mol. The first-order chi connectivity index (χ1) is 17.1. The Kier molecular flexibility index (Phi) is 14.5. The van der Waals surface area contributed by atoms with Crippen LogP contribution in [0, 0.1) is 11.7 Å². The van der Waals surface area contributed by atoms with Gasteiger partial charge in [0.2, 0.25) is 0 Å². The van der Waals surface area contributed by atoms with Crippen molar-refractivity contribution >= 4 is 40.2 Å². The van der Waals surface area contributed by atoms with Crippen LogP contribution >= 0.6 is 23.2 Å². The van der Waals surface area contributed by atoms with Crippen LogP contribution in [0.2, 0.25) is 0 Å². The summed E-state index contributed by atoms with van der Waals surface area (Å²) < 4.78 is 53.3. The van der Waals surface area contributed by atoms with E-state index in [1.807, 2.05) is 13.0 Å². The Morgan fingerprint density at radius 1 is 1.19 bits per heavy atom. The Morgan fingerprint density at radius 2 is 1.76 bits per heavy atom. The van der Waals surface area contributed by atoms with E-state index >= 15 is 0 Å². The van der Waals surface area contributed by atoms with Crippen LogP contribution in [0.1, 0.15) is 46.1 Å². The highest BCUT2D eigenvalue weighted by Gasteiger charge is 2.38. The number of benzene rings is 1. The van der Waals surface area contributed by atoms with Gasteiger partial charge in [0, 0.05) is 31.7 Å². The van der Waals surface area contributed by atoms with Crippen molar-refractivity contribution in [1.29, 1.82) is 0 Å². The molecule has 7 nitrogen and oxygen atoms in total. The molecule has 2 N–H and O–H groups in total. The number of halogens is 6. The van der Waals surface area contributed by atoms with E-state index in [-0.39, 0.29) is 18.6 Å². The summed E-state index contributed by atoms with van der Waals surface area (Å²) in [6.45, 7) is 8.31. The number of carboxylic acid groups (broad SMARTS) is 1. The van der Waals surface area contributed by atoms with Crippen molar-refractivity contribution in [3.05, 3.63) is 24.0 Å². The highest BCUT2D eigenvalue weighted by Crippen LogP contribution is 2.33. The van der Waals surface area contributed by atoms with E-state index in [1.165, 1.54) is 31.5 Å². The second-order valence-corrected chi connectivity index (χ2v) is 9.27. The molecule has 3 heterocycles. The number of aliphatic carboxylic acids is 1. The van der Waals surface area contributed by atoms with Crippen LogP contribution in [-0.4, -0.2) is 76.4 Å². The normalized spacial score (nSPS) is 17.2. The summed E-state index contributed by atoms with van der Waals surface area (Å²) in [5.41, 5.74) is 1.66. The molecule has 2 aliphatic rings. The third-order valence-electron chi connectivity index (χ3n) is 6.03. The minimum absolute atomic E-state index is 0. The van der Waals surface area contributed by atoms with Gasteiger partial charge in [-0.1, -0.05) is 7.43 Å². The third-order valence-corrected chi connectivity index (χ3v) is 6.03. The van der Waals surface area contributed by atoms with E-state index in [1.54, 1.807) is 0 Å². The van der Waals surface area contributed by atoms with Gasteiger partial charge >= 0.3 is 12.1 Å². The summed E-state index contributed by atoms with van der Waals surface area (Å²) in [6, 6.07) is 5.85. The first kappa shape index (κ1) is 33.2. The van der Waals surface area contributed by atoms with E-state index in [0.29, 0.717) is 24.2 Å². The van der Waals surface area contributed by atoms with Crippen LogP contribution in [0.3, 0.4) is 0 Å². The van der Waals surface area contributed by atoms with Crippen LogP contribution in [-0.2, 0) is 4.79 Å². The molecule has 2 aromatic rings. The van der Waals surface area contributed by atoms with Crippen molar-refractivity contribution in [1.82, 2.24) is 19.8 Å². The number of likely N-dealkylation sites (tertiary alicyclic amines) is 1. The van der Waals surface area contributed by atoms with Crippen molar-refractivity contribution in [3.63, 3.8) is 0 Å². The maximum atomic E-state index is 13.6. The smallest absolute Gasteiger partial charge is 0.475 e. The fourth-order valence-corrected chi connectivity index (χ4v) is 4.42. The quantitative estimate of drug-likeness (QED) is 0.342. The zero-order valence-corrected chi connectivity index (χ0v) is 21.5. The van der Waals surface area contributed by atoms with Gasteiger partial charge in [-0.2, -0.15) is 18.2 Å². The van der Waals surface area contributed by atoms with Gasteiger partial charge in [-0.05, 0) is 63.7 Å². The number of ether oxygens (including phenoxy) is 1. The molecule has 13 heteroatoms. The van der Waals surface area contributed by atoms with Gasteiger partial charge in [0.15, 0.2) is 0 Å². The van der Waals surface area contributed by atoms with Gasteiger partial charge in [0.05, 0.1) is 23.0 Å². The summed E-state index contributed by atoms with van der Waals surface area (Å²) in [5, 5.41) is 10.8. The van der Waals surface area contributed by atoms with Crippen molar-refractivity contribution in [2.24, 2.45) is 5.92 Å². The predicted molar refractivity (Wildman–Crippen MR) is 138 cm³/mol. The fourth-order valence-electron chi connectivity index (χ4n) is 4.42. The number of piperidine rings is 2. The monoisotopic (exact) mass is 574 g/mol. The van der Waals surface area contributed by atoms with E-state index < -0.39 is 12.1 Å². The zero-order chi connectivity index (χ0) is 26.7. The van der Waals surface area contributed by atoms with E-state index in [0.717, 1.165) is 50.5 Å². The molecule has 0 aliphatic carbocycles. The average Bonchev–Trinajstić information content (AvgIpc) is 3.18. The number of alkyl halides is 5. The molecular weight excluding hydrogens is 539 g/mol. The van der Waals surface area contributed by atoms with Gasteiger partial charge in [0.25, 0.3) is 6.01 Å². The van der Waals surface area contributed by atoms with Crippen molar-refractivity contribution in [3.8, 4) is 6.01 Å². The maximum Gasteiger partial charge on any atom is 0.490 e. The van der Waals surface area contributed by atoms with Gasteiger partial charge in [0.1, 0.15) is 5.82 Å². The first-order valence-electron chi connectivity index (χ1n) is 11.8. The molecule has 0 radical (unpaired) electrons. The van der Waals surface area contributed by atoms with Gasteiger partial charge in [-0.15, -0.1) is 23.2 Å². The van der Waals surface area contributed by atoms with Crippen molar-refractivity contribution in [2.45, 2.75) is 52.3 Å². The lowest BCUT2D eigenvalue weighted by Gasteiger charge is -2.36. The van der Waals surface area contributed by atoms with Crippen LogP contribution in [0.15, 0.2) is 18.2 Å². The molecule has 0 atom stereocenters. The number of hydrogen-bond acceptors (Lipinski definition) is 5. The largest absolute Gasteiger partial charge is 0.490 e. The SMILES string of the molecule is C.CCOc1nc2cc(F)ccc2n1C1CCN(CC2CCNCC2)CC1.ClCCl.O=C(O)C(F)(F)F. The number of aromatic nitrogens is 2. The van der Waals surface area contributed by atoms with Crippen molar-refractivity contribution in [2.75, 3.05) is 44.7 Å². The molecule has 0 bridgehead atoms. The molecule has 4 rings (SSSR count). The third kappa shape index (κ3) is 10.5. The summed E-state index contributed by atoms with van der Waals surface area (Å²) in [6.07, 6.45) is -0.306. The molecular formula is C24H36Cl2F4N4O3. The molecule has 0 spiro atoms. The number of carboxylic acids is 1. The lowest BCUT2D eigenvalue weighted by molar-refractivity contribution is -0.192. The topological polar surface area (TPSA) is 79.6 Å². The molecule has 1 aromatic heterocycles. The Balaban J connectivity index is 0.000000536. The molecule has 212 valence electrons. The number of nitrogens with one attached hydrogen (secondary N) is 1. The first-order valence-corrected chi connectivity index (χ1v) is 12.8. The lowest BCUT2D eigenvalue weighted by atomic mass is 9.95. The molecule has 37 heavy (non-hydrogen) atoms. The molecule has 2 aliphatic heterocycles. The number of rotatable bonds is 5. The standard InChI is InChI=1S/C20H29FN4O.C2HF3O2.CH2Cl2.CH4/c1-2-26-20-23-18-13-16(21)3-4-19(18)25(20)17-7-11-24(12-8-17)14-15-5-9-22-10-6-15;3-2(4,5)1(6)7;2-1-3;/h3-4,13,15,17,22H,2,5-12,14H2,1H3;(H,6,7);1H2;1H4. The highest BCUT2D eigenvalue weighted by atomic mass is 35.5. The Hall–Kier alpha value is -1.82. The molecule has 2 saturated heterocycles. The second kappa shape index (κ2) is 16.2. The molecule has 2 fully saturated rings. The van der Waals surface area contributed by atoms with E-state index in [4.69, 9.17) is 37.8 Å². The summed E-state index contributed by atoms with van der Waals surface area (Å²) in [4.78, 5) is 16.0. The minimum Gasteiger partial charge on any atom is -0.475 e. The highest BCUT2D eigenvalue weighted by molar-refractivity contribution is 6.40. The summed E-state index contributed by atoms with van der Waals surface area (Å²) >= 11 is 9.53. The molecule has 0 amide bonds. The van der Waals surface area contributed by atoms with E-state index in [9.17, 15) is 17.6 Å². The molecule has 0 unspecified atom stereocenters. The summed E-state index contributed by atoms with van der Waals surface area (Å²) in [5.74, 6) is -2.17. The number of carbonyl (C=O) groups is 1. The number of imidazole rings is 1. The Morgan fingerprint density at radius 3 is 2.27 bits per heavy atom. The van der Waals surface area contributed by atoms with E-state index in [2.05, 4.69) is 19.8 Å². The maximum absolute atomic E-state index is 13.6. The van der Waals surface area contributed by atoms with Crippen LogP contribution < -0.4 is 10.1 Å². The van der Waals surface area contributed by atoms with Crippen LogP contribution in [0.5, 0.6) is 6.01 Å². The van der Waals surface area contributed by atoms with Crippen LogP contribution in [0.4, 0.5) is 17.6 Å². The Labute approximate surface area is 225 Å². The van der Waals surface area contributed by atoms with Crippen LogP contribution in [0.25, 0.3) is 11.0 Å². The predicted octanol–water partition coefficient (Wildman–Crippen LogP) is 5.90. The second-order valence-electron chi connectivity index (χ2n) is 8.46. The van der Waals surface area contributed by atoms with Crippen molar-refractivity contribution < 1.29 is 32.2 Å². The van der Waals surface area contributed by atoms with Gasteiger partial charge in [-0.3, -0.25) is 4.57 Å². The number of hydrogen-bond donors (Lipinski definition) is 2.